The van der Waals surface area contributed by atoms with Crippen molar-refractivity contribution in [3.05, 3.63) is 88.1 Å². The van der Waals surface area contributed by atoms with E-state index in [2.05, 4.69) is 27.7 Å². The number of nitrogens with one attached hydrogen (secondary N) is 2. The fraction of sp³-hybridized carbons (Fsp3) is 0.250. The molecular weight excluding hydrogens is 394 g/mol. The minimum atomic E-state index is -0.212. The Bertz CT molecular complexity index is 983. The molecule has 2 N–H and O–H groups in total. The average Bonchev–Trinajstić information content (AvgIpc) is 3.50. The van der Waals surface area contributed by atoms with E-state index in [1.807, 2.05) is 35.7 Å². The second-order valence-corrected chi connectivity index (χ2v) is 8.17. The predicted octanol–water partition coefficient (Wildman–Crippen LogP) is 4.57. The van der Waals surface area contributed by atoms with Gasteiger partial charge in [0.25, 0.3) is 11.8 Å². The Labute approximate surface area is 180 Å². The summed E-state index contributed by atoms with van der Waals surface area (Å²) in [5.41, 5.74) is 2.78. The van der Waals surface area contributed by atoms with Crippen molar-refractivity contribution in [1.82, 2.24) is 10.2 Å². The van der Waals surface area contributed by atoms with Gasteiger partial charge in [-0.25, -0.2) is 0 Å². The first-order valence-corrected chi connectivity index (χ1v) is 11.2. The average molecular weight is 420 g/mol. The van der Waals surface area contributed by atoms with Gasteiger partial charge < -0.3 is 10.6 Å². The van der Waals surface area contributed by atoms with Crippen LogP contribution in [-0.4, -0.2) is 36.3 Å². The van der Waals surface area contributed by atoms with Gasteiger partial charge in [0.1, 0.15) is 0 Å². The van der Waals surface area contributed by atoms with E-state index in [9.17, 15) is 9.59 Å². The number of hydrogen-bond donors (Lipinski definition) is 2. The molecule has 1 aliphatic rings. The molecule has 4 rings (SSSR count). The van der Waals surface area contributed by atoms with E-state index in [4.69, 9.17) is 0 Å². The van der Waals surface area contributed by atoms with E-state index in [0.717, 1.165) is 13.1 Å². The highest BCUT2D eigenvalue weighted by molar-refractivity contribution is 7.08. The number of rotatable bonds is 7. The molecule has 1 aromatic heterocycles. The van der Waals surface area contributed by atoms with Gasteiger partial charge in [0.2, 0.25) is 0 Å². The number of nitrogens with zero attached hydrogens (tertiary/aromatic N) is 1. The molecule has 1 fully saturated rings. The maximum absolute atomic E-state index is 13.0. The number of anilines is 1. The molecule has 2 heterocycles. The second-order valence-electron chi connectivity index (χ2n) is 7.39. The Balaban J connectivity index is 1.47. The molecule has 0 aliphatic carbocycles. The van der Waals surface area contributed by atoms with Crippen LogP contribution in [0.1, 0.15) is 45.2 Å². The lowest BCUT2D eigenvalue weighted by atomic mass is 10.1. The van der Waals surface area contributed by atoms with Crippen molar-refractivity contribution < 1.29 is 9.59 Å². The van der Waals surface area contributed by atoms with Crippen molar-refractivity contribution in [1.29, 1.82) is 0 Å². The lowest BCUT2D eigenvalue weighted by Crippen LogP contribution is -2.37. The predicted molar refractivity (Wildman–Crippen MR) is 121 cm³/mol. The van der Waals surface area contributed by atoms with Crippen LogP contribution >= 0.6 is 11.3 Å². The molecule has 6 heteroatoms. The highest BCUT2D eigenvalue weighted by Crippen LogP contribution is 2.25. The highest BCUT2D eigenvalue weighted by Gasteiger charge is 2.24. The molecule has 0 bridgehead atoms. The first-order chi connectivity index (χ1) is 14.7. The Morgan fingerprint density at radius 3 is 2.40 bits per heavy atom. The normalized spacial score (nSPS) is 14.9. The molecule has 1 unspecified atom stereocenters. The van der Waals surface area contributed by atoms with E-state index in [1.54, 1.807) is 23.6 Å². The van der Waals surface area contributed by atoms with Crippen molar-refractivity contribution in [2.45, 2.75) is 18.9 Å². The smallest absolute Gasteiger partial charge is 0.256 e. The van der Waals surface area contributed by atoms with Crippen LogP contribution in [0.25, 0.3) is 0 Å². The Kier molecular flexibility index (Phi) is 6.57. The van der Waals surface area contributed by atoms with E-state index in [1.165, 1.54) is 29.7 Å². The molecule has 1 saturated heterocycles. The van der Waals surface area contributed by atoms with Gasteiger partial charge in [-0.2, -0.15) is 11.3 Å². The van der Waals surface area contributed by atoms with E-state index < -0.39 is 0 Å². The third kappa shape index (κ3) is 4.78. The van der Waals surface area contributed by atoms with Gasteiger partial charge >= 0.3 is 0 Å². The first kappa shape index (κ1) is 20.3. The molecule has 5 nitrogen and oxygen atoms in total. The lowest BCUT2D eigenvalue weighted by molar-refractivity contribution is 0.0939. The maximum atomic E-state index is 13.0. The Morgan fingerprint density at radius 1 is 0.933 bits per heavy atom. The Morgan fingerprint density at radius 2 is 1.67 bits per heavy atom. The van der Waals surface area contributed by atoms with Crippen LogP contribution in [0.3, 0.4) is 0 Å². The number of para-hydroxylation sites is 1. The first-order valence-electron chi connectivity index (χ1n) is 10.2. The van der Waals surface area contributed by atoms with Crippen molar-refractivity contribution in [2.75, 3.05) is 25.0 Å². The minimum absolute atomic E-state index is 0.144. The molecule has 2 aromatic carbocycles. The third-order valence-corrected chi connectivity index (χ3v) is 6.11. The van der Waals surface area contributed by atoms with Crippen LogP contribution in [0.4, 0.5) is 5.69 Å². The van der Waals surface area contributed by atoms with Crippen molar-refractivity contribution in [2.24, 2.45) is 0 Å². The van der Waals surface area contributed by atoms with Crippen molar-refractivity contribution >= 4 is 28.8 Å². The minimum Gasteiger partial charge on any atom is -0.350 e. The zero-order valence-corrected chi connectivity index (χ0v) is 17.5. The van der Waals surface area contributed by atoms with Gasteiger partial charge in [0.05, 0.1) is 22.9 Å². The van der Waals surface area contributed by atoms with E-state index in [0.29, 0.717) is 23.4 Å². The summed E-state index contributed by atoms with van der Waals surface area (Å²) in [6, 6.07) is 19.4. The van der Waals surface area contributed by atoms with E-state index in [-0.39, 0.29) is 17.9 Å². The van der Waals surface area contributed by atoms with Crippen LogP contribution in [0.15, 0.2) is 71.4 Å². The van der Waals surface area contributed by atoms with Crippen LogP contribution < -0.4 is 10.6 Å². The second kappa shape index (κ2) is 9.69. The summed E-state index contributed by atoms with van der Waals surface area (Å²) in [6.45, 7) is 2.61. The lowest BCUT2D eigenvalue weighted by Gasteiger charge is -2.28. The van der Waals surface area contributed by atoms with Gasteiger partial charge in [-0.05, 0) is 55.1 Å². The summed E-state index contributed by atoms with van der Waals surface area (Å²) in [5, 5.41) is 9.60. The molecule has 154 valence electrons. The Hall–Kier alpha value is -2.96. The highest BCUT2D eigenvalue weighted by atomic mass is 32.1. The summed E-state index contributed by atoms with van der Waals surface area (Å²) in [6.07, 6.45) is 2.38. The molecule has 0 radical (unpaired) electrons. The number of benzene rings is 2. The molecule has 3 aromatic rings. The molecule has 0 spiro atoms. The summed E-state index contributed by atoms with van der Waals surface area (Å²) in [7, 11) is 0. The summed E-state index contributed by atoms with van der Waals surface area (Å²) < 4.78 is 0. The van der Waals surface area contributed by atoms with Crippen LogP contribution in [0.5, 0.6) is 0 Å². The zero-order chi connectivity index (χ0) is 20.8. The number of likely N-dealkylation sites (tertiary alicyclic amines) is 1. The maximum Gasteiger partial charge on any atom is 0.256 e. The summed E-state index contributed by atoms with van der Waals surface area (Å²) >= 11 is 1.47. The molecule has 1 atom stereocenters. The summed E-state index contributed by atoms with van der Waals surface area (Å²) in [4.78, 5) is 27.9. The SMILES string of the molecule is O=C(Nc1ccccc1C(=O)NCC(c1ccccc1)N1CCCC1)c1ccsc1. The molecule has 1 aliphatic heterocycles. The largest absolute Gasteiger partial charge is 0.350 e. The van der Waals surface area contributed by atoms with Crippen LogP contribution in [-0.2, 0) is 0 Å². The van der Waals surface area contributed by atoms with Gasteiger partial charge in [0, 0.05) is 11.9 Å². The van der Waals surface area contributed by atoms with Crippen LogP contribution in [0.2, 0.25) is 0 Å². The van der Waals surface area contributed by atoms with Gasteiger partial charge in [0.15, 0.2) is 0 Å². The van der Waals surface area contributed by atoms with Crippen molar-refractivity contribution in [3.8, 4) is 0 Å². The fourth-order valence-corrected chi connectivity index (χ4v) is 4.49. The number of thiophene rings is 1. The molecule has 30 heavy (non-hydrogen) atoms. The fourth-order valence-electron chi connectivity index (χ4n) is 3.85. The number of amides is 2. The monoisotopic (exact) mass is 419 g/mol. The number of carbonyl (C=O) groups excluding carboxylic acids is 2. The van der Waals surface area contributed by atoms with Crippen LogP contribution in [0, 0.1) is 0 Å². The van der Waals surface area contributed by atoms with Gasteiger partial charge in [-0.3, -0.25) is 14.5 Å². The summed E-state index contributed by atoms with van der Waals surface area (Å²) in [5.74, 6) is -0.396. The quantitative estimate of drug-likeness (QED) is 0.590. The van der Waals surface area contributed by atoms with Crippen molar-refractivity contribution in [3.63, 3.8) is 0 Å². The van der Waals surface area contributed by atoms with Gasteiger partial charge in [-0.15, -0.1) is 0 Å². The topological polar surface area (TPSA) is 61.4 Å². The molecule has 2 amide bonds. The standard InChI is InChI=1S/C24H25N3O2S/c28-23(19-12-15-30-17-19)26-21-11-5-4-10-20(21)24(29)25-16-22(27-13-6-7-14-27)18-8-2-1-3-9-18/h1-5,8-12,15,17,22H,6-7,13-14,16H2,(H,25,29)(H,26,28). The number of hydrogen-bond acceptors (Lipinski definition) is 4. The third-order valence-electron chi connectivity index (χ3n) is 5.42. The number of carbonyl (C=O) groups is 2. The zero-order valence-electron chi connectivity index (χ0n) is 16.7. The van der Waals surface area contributed by atoms with E-state index >= 15 is 0 Å². The van der Waals surface area contributed by atoms with Gasteiger partial charge in [-0.1, -0.05) is 42.5 Å². The molecular formula is C24H25N3O2S. The molecule has 0 saturated carbocycles.